The fraction of sp³-hybridized carbons (Fsp3) is 0.263. The van der Waals surface area contributed by atoms with E-state index in [1.54, 1.807) is 31.3 Å². The predicted octanol–water partition coefficient (Wildman–Crippen LogP) is 3.66. The second-order valence-corrected chi connectivity index (χ2v) is 6.23. The predicted molar refractivity (Wildman–Crippen MR) is 98.5 cm³/mol. The van der Waals surface area contributed by atoms with Crippen LogP contribution in [0.25, 0.3) is 0 Å². The number of likely N-dealkylation sites (N-methyl/N-ethyl adjacent to an activating group) is 1. The van der Waals surface area contributed by atoms with Crippen LogP contribution in [0.15, 0.2) is 53.0 Å². The maximum atomic E-state index is 12.1. The van der Waals surface area contributed by atoms with Gasteiger partial charge >= 0.3 is 5.97 Å². The number of benzene rings is 2. The summed E-state index contributed by atoms with van der Waals surface area (Å²) in [5, 5.41) is 0. The average Bonchev–Trinajstić information content (AvgIpc) is 2.62. The third-order valence-corrected chi connectivity index (χ3v) is 4.29. The molecule has 0 heterocycles. The Bertz CT molecular complexity index is 730. The van der Waals surface area contributed by atoms with Crippen molar-refractivity contribution in [2.75, 3.05) is 20.3 Å². The molecule has 2 rings (SSSR count). The highest BCUT2D eigenvalue weighted by atomic mass is 79.9. The summed E-state index contributed by atoms with van der Waals surface area (Å²) in [6, 6.07) is 14.3. The van der Waals surface area contributed by atoms with E-state index in [2.05, 4.69) is 15.9 Å². The van der Waals surface area contributed by atoms with Gasteiger partial charge in [0.25, 0.3) is 5.91 Å². The van der Waals surface area contributed by atoms with Crippen LogP contribution >= 0.6 is 15.9 Å². The molecule has 0 fully saturated rings. The molecule has 132 valence electrons. The molecule has 0 atom stereocenters. The smallest absolute Gasteiger partial charge is 0.338 e. The van der Waals surface area contributed by atoms with E-state index in [1.165, 1.54) is 4.90 Å². The van der Waals surface area contributed by atoms with E-state index in [1.807, 2.05) is 31.2 Å². The Morgan fingerprint density at radius 1 is 1.08 bits per heavy atom. The van der Waals surface area contributed by atoms with Gasteiger partial charge in [0.05, 0.1) is 12.2 Å². The number of esters is 1. The number of nitrogens with zero attached hydrogens (tertiary/aromatic N) is 1. The van der Waals surface area contributed by atoms with E-state index in [4.69, 9.17) is 9.47 Å². The molecule has 0 aliphatic carbocycles. The first-order valence-corrected chi connectivity index (χ1v) is 8.68. The number of hydrogen-bond acceptors (Lipinski definition) is 4. The minimum Gasteiger partial charge on any atom is -0.494 e. The van der Waals surface area contributed by atoms with Crippen molar-refractivity contribution in [3.8, 4) is 5.75 Å². The molecule has 0 saturated carbocycles. The molecular formula is C19H20BrNO4. The molecule has 0 aliphatic heterocycles. The van der Waals surface area contributed by atoms with Crippen molar-refractivity contribution >= 4 is 27.8 Å². The number of rotatable bonds is 7. The summed E-state index contributed by atoms with van der Waals surface area (Å²) < 4.78 is 11.3. The number of amides is 1. The van der Waals surface area contributed by atoms with Crippen molar-refractivity contribution in [1.29, 1.82) is 0 Å². The van der Waals surface area contributed by atoms with Gasteiger partial charge in [-0.3, -0.25) is 4.79 Å². The summed E-state index contributed by atoms with van der Waals surface area (Å²) in [5.41, 5.74) is 1.36. The summed E-state index contributed by atoms with van der Waals surface area (Å²) in [6.45, 7) is 2.58. The Labute approximate surface area is 155 Å². The summed E-state index contributed by atoms with van der Waals surface area (Å²) in [5.74, 6) is -0.121. The molecule has 0 saturated heterocycles. The standard InChI is InChI=1S/C19H20BrNO4/c1-3-24-16-10-8-14(9-11-16)19(23)25-13-18(22)21(2)12-15-6-4-5-7-17(15)20/h4-11H,3,12-13H2,1-2H3. The molecule has 25 heavy (non-hydrogen) atoms. The number of halogens is 1. The third kappa shape index (κ3) is 5.60. The Hall–Kier alpha value is -2.34. The zero-order valence-corrected chi connectivity index (χ0v) is 15.8. The topological polar surface area (TPSA) is 55.8 Å². The lowest BCUT2D eigenvalue weighted by atomic mass is 10.2. The quantitative estimate of drug-likeness (QED) is 0.659. The molecule has 5 nitrogen and oxygen atoms in total. The molecule has 6 heteroatoms. The maximum absolute atomic E-state index is 12.1. The Morgan fingerprint density at radius 3 is 2.40 bits per heavy atom. The molecule has 0 spiro atoms. The summed E-state index contributed by atoms with van der Waals surface area (Å²) in [7, 11) is 1.67. The van der Waals surface area contributed by atoms with Crippen LogP contribution in [-0.4, -0.2) is 37.0 Å². The Morgan fingerprint density at radius 2 is 1.76 bits per heavy atom. The molecule has 1 amide bonds. The van der Waals surface area contributed by atoms with Gasteiger partial charge in [-0.25, -0.2) is 4.79 Å². The summed E-state index contributed by atoms with van der Waals surface area (Å²) in [6.07, 6.45) is 0. The summed E-state index contributed by atoms with van der Waals surface area (Å²) >= 11 is 3.45. The number of carbonyl (C=O) groups is 2. The largest absolute Gasteiger partial charge is 0.494 e. The van der Waals surface area contributed by atoms with Crippen LogP contribution in [0.5, 0.6) is 5.75 Å². The van der Waals surface area contributed by atoms with Crippen molar-refractivity contribution in [1.82, 2.24) is 4.90 Å². The Kier molecular flexibility index (Phi) is 7.01. The lowest BCUT2D eigenvalue weighted by molar-refractivity contribution is -0.133. The summed E-state index contributed by atoms with van der Waals surface area (Å²) in [4.78, 5) is 25.7. The van der Waals surface area contributed by atoms with E-state index in [9.17, 15) is 9.59 Å². The second-order valence-electron chi connectivity index (χ2n) is 5.37. The first-order chi connectivity index (χ1) is 12.0. The van der Waals surface area contributed by atoms with Crippen LogP contribution in [0.3, 0.4) is 0 Å². The van der Waals surface area contributed by atoms with E-state index >= 15 is 0 Å². The van der Waals surface area contributed by atoms with E-state index < -0.39 is 5.97 Å². The van der Waals surface area contributed by atoms with Gasteiger partial charge in [0, 0.05) is 18.1 Å². The molecule has 2 aromatic rings. The SMILES string of the molecule is CCOc1ccc(C(=O)OCC(=O)N(C)Cc2ccccc2Br)cc1. The average molecular weight is 406 g/mol. The highest BCUT2D eigenvalue weighted by molar-refractivity contribution is 9.10. The first-order valence-electron chi connectivity index (χ1n) is 7.88. The van der Waals surface area contributed by atoms with Crippen molar-refractivity contribution in [2.45, 2.75) is 13.5 Å². The van der Waals surface area contributed by atoms with Gasteiger partial charge in [-0.1, -0.05) is 34.1 Å². The van der Waals surface area contributed by atoms with Crippen LogP contribution < -0.4 is 4.74 Å². The number of ether oxygens (including phenoxy) is 2. The van der Waals surface area contributed by atoms with Gasteiger partial charge in [0.1, 0.15) is 5.75 Å². The second kappa shape index (κ2) is 9.22. The monoisotopic (exact) mass is 405 g/mol. The molecule has 0 unspecified atom stereocenters. The van der Waals surface area contributed by atoms with Crippen LogP contribution in [0.2, 0.25) is 0 Å². The van der Waals surface area contributed by atoms with Crippen LogP contribution in [-0.2, 0) is 16.1 Å². The molecule has 0 bridgehead atoms. The maximum Gasteiger partial charge on any atom is 0.338 e. The number of hydrogen-bond donors (Lipinski definition) is 0. The van der Waals surface area contributed by atoms with E-state index in [-0.39, 0.29) is 12.5 Å². The lowest BCUT2D eigenvalue weighted by Crippen LogP contribution is -2.30. The zero-order chi connectivity index (χ0) is 18.2. The van der Waals surface area contributed by atoms with Crippen molar-refractivity contribution < 1.29 is 19.1 Å². The van der Waals surface area contributed by atoms with Crippen LogP contribution in [0.4, 0.5) is 0 Å². The highest BCUT2D eigenvalue weighted by Gasteiger charge is 2.14. The zero-order valence-electron chi connectivity index (χ0n) is 14.2. The van der Waals surface area contributed by atoms with Gasteiger partial charge in [-0.15, -0.1) is 0 Å². The normalized spacial score (nSPS) is 10.2. The van der Waals surface area contributed by atoms with Gasteiger partial charge in [0.2, 0.25) is 0 Å². The fourth-order valence-corrected chi connectivity index (χ4v) is 2.56. The molecule has 0 N–H and O–H groups in total. The van der Waals surface area contributed by atoms with E-state index in [0.29, 0.717) is 24.5 Å². The third-order valence-electron chi connectivity index (χ3n) is 3.52. The molecule has 0 aromatic heterocycles. The van der Waals surface area contributed by atoms with Crippen LogP contribution in [0.1, 0.15) is 22.8 Å². The lowest BCUT2D eigenvalue weighted by Gasteiger charge is -2.18. The Balaban J connectivity index is 1.86. The van der Waals surface area contributed by atoms with Crippen LogP contribution in [0, 0.1) is 0 Å². The van der Waals surface area contributed by atoms with Crippen molar-refractivity contribution in [2.24, 2.45) is 0 Å². The minimum atomic E-state index is -0.536. The number of carbonyl (C=O) groups excluding carboxylic acids is 2. The van der Waals surface area contributed by atoms with Crippen molar-refractivity contribution in [3.63, 3.8) is 0 Å². The molecule has 2 aromatic carbocycles. The van der Waals surface area contributed by atoms with E-state index in [0.717, 1.165) is 10.0 Å². The van der Waals surface area contributed by atoms with Gasteiger partial charge in [0.15, 0.2) is 6.61 Å². The van der Waals surface area contributed by atoms with Gasteiger partial charge in [-0.05, 0) is 42.8 Å². The minimum absolute atomic E-state index is 0.268. The fourth-order valence-electron chi connectivity index (χ4n) is 2.15. The molecule has 0 radical (unpaired) electrons. The van der Waals surface area contributed by atoms with Gasteiger partial charge in [-0.2, -0.15) is 0 Å². The molecular weight excluding hydrogens is 386 g/mol. The van der Waals surface area contributed by atoms with Gasteiger partial charge < -0.3 is 14.4 Å². The highest BCUT2D eigenvalue weighted by Crippen LogP contribution is 2.17. The first kappa shape index (κ1) is 19.0. The molecule has 0 aliphatic rings. The van der Waals surface area contributed by atoms with Crippen molar-refractivity contribution in [3.05, 3.63) is 64.1 Å².